The summed E-state index contributed by atoms with van der Waals surface area (Å²) in [5.74, 6) is 0.400. The summed E-state index contributed by atoms with van der Waals surface area (Å²) >= 11 is 0. The van der Waals surface area contributed by atoms with E-state index in [4.69, 9.17) is 4.98 Å². The summed E-state index contributed by atoms with van der Waals surface area (Å²) in [5, 5.41) is 4.60. The molecule has 1 amide bonds. The number of alkyl halides is 5. The lowest BCUT2D eigenvalue weighted by atomic mass is 9.95. The number of halogens is 5. The Morgan fingerprint density at radius 2 is 1.81 bits per heavy atom. The van der Waals surface area contributed by atoms with E-state index in [9.17, 15) is 26.7 Å². The van der Waals surface area contributed by atoms with Crippen LogP contribution < -0.4 is 0 Å². The molecule has 5 heterocycles. The minimum atomic E-state index is -4.27. The molecule has 0 saturated carbocycles. The zero-order valence-electron chi connectivity index (χ0n) is 23.4. The van der Waals surface area contributed by atoms with Crippen LogP contribution in [0.1, 0.15) is 55.2 Å². The van der Waals surface area contributed by atoms with Gasteiger partial charge in [0.25, 0.3) is 6.43 Å². The number of aryl methyl sites for hydroxylation is 1. The molecule has 222 valence electrons. The Balaban J connectivity index is 1.47. The molecule has 13 heteroatoms. The number of hydrogen-bond acceptors (Lipinski definition) is 5. The van der Waals surface area contributed by atoms with Crippen LogP contribution in [0, 0.1) is 0 Å². The molecule has 0 bridgehead atoms. The van der Waals surface area contributed by atoms with Crippen LogP contribution >= 0.6 is 0 Å². The normalized spacial score (nSPS) is 18.8. The lowest BCUT2D eigenvalue weighted by molar-refractivity contribution is -0.148. The van der Waals surface area contributed by atoms with Crippen molar-refractivity contribution in [1.29, 1.82) is 0 Å². The zero-order chi connectivity index (χ0) is 29.9. The van der Waals surface area contributed by atoms with E-state index in [1.165, 1.54) is 21.8 Å². The summed E-state index contributed by atoms with van der Waals surface area (Å²) < 4.78 is 71.1. The minimum absolute atomic E-state index is 0.0945. The Kier molecular flexibility index (Phi) is 7.03. The highest BCUT2D eigenvalue weighted by Crippen LogP contribution is 2.41. The van der Waals surface area contributed by atoms with Gasteiger partial charge in [0.2, 0.25) is 5.91 Å². The Labute approximate surface area is 238 Å². The van der Waals surface area contributed by atoms with Gasteiger partial charge in [-0.15, -0.1) is 0 Å². The summed E-state index contributed by atoms with van der Waals surface area (Å²) in [4.78, 5) is 25.7. The van der Waals surface area contributed by atoms with E-state index >= 15 is 0 Å². The number of nitrogens with zero attached hydrogens (tertiary/aromatic N) is 7. The molecule has 1 saturated heterocycles. The molecule has 0 aliphatic carbocycles. The van der Waals surface area contributed by atoms with Crippen LogP contribution in [0.2, 0.25) is 0 Å². The quantitative estimate of drug-likeness (QED) is 0.280. The van der Waals surface area contributed by atoms with Crippen molar-refractivity contribution in [3.63, 3.8) is 0 Å². The highest BCUT2D eigenvalue weighted by atomic mass is 19.4. The Bertz CT molecular complexity index is 1650. The van der Waals surface area contributed by atoms with Crippen LogP contribution in [-0.4, -0.2) is 72.9 Å². The van der Waals surface area contributed by atoms with Crippen LogP contribution in [0.25, 0.3) is 33.4 Å². The van der Waals surface area contributed by atoms with Gasteiger partial charge in [-0.1, -0.05) is 12.1 Å². The second-order valence-electron chi connectivity index (χ2n) is 11.2. The second-order valence-corrected chi connectivity index (χ2v) is 11.2. The van der Waals surface area contributed by atoms with Gasteiger partial charge in [-0.3, -0.25) is 14.4 Å². The van der Waals surface area contributed by atoms with Crippen molar-refractivity contribution >= 4 is 16.8 Å². The predicted octanol–water partition coefficient (Wildman–Crippen LogP) is 5.71. The number of likely N-dealkylation sites (tertiary alicyclic amines) is 1. The number of rotatable bonds is 5. The third kappa shape index (κ3) is 5.03. The van der Waals surface area contributed by atoms with Crippen molar-refractivity contribution in [2.45, 2.75) is 50.9 Å². The first-order chi connectivity index (χ1) is 19.9. The molecule has 0 spiro atoms. The average Bonchev–Trinajstić information content (AvgIpc) is 3.54. The van der Waals surface area contributed by atoms with Gasteiger partial charge in [0.1, 0.15) is 11.9 Å². The number of pyridine rings is 1. The van der Waals surface area contributed by atoms with Crippen molar-refractivity contribution in [3.05, 3.63) is 53.7 Å². The molecule has 1 unspecified atom stereocenters. The first-order valence-corrected chi connectivity index (χ1v) is 13.8. The van der Waals surface area contributed by atoms with Gasteiger partial charge in [-0.2, -0.15) is 18.3 Å². The monoisotopic (exact) mass is 587 g/mol. The number of aromatic nitrogens is 5. The van der Waals surface area contributed by atoms with Crippen molar-refractivity contribution in [2.75, 3.05) is 26.7 Å². The van der Waals surface area contributed by atoms with Crippen LogP contribution in [-0.2, 0) is 18.4 Å². The molecule has 2 aliphatic heterocycles. The second kappa shape index (κ2) is 10.4. The van der Waals surface area contributed by atoms with Gasteiger partial charge in [0, 0.05) is 48.3 Å². The third-order valence-electron chi connectivity index (χ3n) is 8.26. The zero-order valence-corrected chi connectivity index (χ0v) is 23.4. The van der Waals surface area contributed by atoms with Gasteiger partial charge < -0.3 is 9.47 Å². The Hall–Kier alpha value is -3.87. The Morgan fingerprint density at radius 3 is 2.45 bits per heavy atom. The first kappa shape index (κ1) is 28.3. The van der Waals surface area contributed by atoms with Crippen LogP contribution in [0.3, 0.4) is 0 Å². The molecule has 1 atom stereocenters. The molecule has 1 fully saturated rings. The Morgan fingerprint density at radius 1 is 1.07 bits per heavy atom. The molecule has 2 aliphatic rings. The molecule has 8 nitrogen and oxygen atoms in total. The number of benzene rings is 1. The maximum Gasteiger partial charge on any atom is 0.401 e. The van der Waals surface area contributed by atoms with Gasteiger partial charge in [0.05, 0.1) is 41.9 Å². The number of fused-ring (bicyclic) bond motifs is 2. The van der Waals surface area contributed by atoms with E-state index in [1.54, 1.807) is 44.2 Å². The summed E-state index contributed by atoms with van der Waals surface area (Å²) in [7, 11) is 3.40. The first-order valence-electron chi connectivity index (χ1n) is 13.8. The fourth-order valence-electron chi connectivity index (χ4n) is 6.27. The smallest absolute Gasteiger partial charge is 0.338 e. The van der Waals surface area contributed by atoms with E-state index in [2.05, 4.69) is 10.1 Å². The lowest BCUT2D eigenvalue weighted by Gasteiger charge is -2.35. The van der Waals surface area contributed by atoms with Gasteiger partial charge >= 0.3 is 6.18 Å². The minimum Gasteiger partial charge on any atom is -0.338 e. The van der Waals surface area contributed by atoms with Gasteiger partial charge in [-0.05, 0) is 45.0 Å². The van der Waals surface area contributed by atoms with Crippen molar-refractivity contribution in [3.8, 4) is 22.5 Å². The van der Waals surface area contributed by atoms with Crippen LogP contribution in [0.15, 0.2) is 36.7 Å². The number of carbonyl (C=O) groups is 1. The largest absolute Gasteiger partial charge is 0.401 e. The molecule has 1 aromatic carbocycles. The number of carbonyl (C=O) groups excluding carboxylic acids is 1. The van der Waals surface area contributed by atoms with E-state index < -0.39 is 25.2 Å². The number of likely N-dealkylation sites (N-methyl/N-ethyl adjacent to an activating group) is 1. The van der Waals surface area contributed by atoms with Gasteiger partial charge in [-0.25, -0.2) is 18.7 Å². The number of piperidine rings is 1. The number of hydrogen-bond donors (Lipinski definition) is 0. The summed E-state index contributed by atoms with van der Waals surface area (Å²) in [6, 6.07) is 6.24. The fraction of sp³-hybridized carbons (Fsp3) is 0.448. The number of amides is 1. The molecule has 6 rings (SSSR count). The summed E-state index contributed by atoms with van der Waals surface area (Å²) in [6.45, 7) is 1.61. The average molecular weight is 588 g/mol. The molecule has 0 radical (unpaired) electrons. The summed E-state index contributed by atoms with van der Waals surface area (Å²) in [6.07, 6.45) is -3.00. The maximum atomic E-state index is 14.4. The topological polar surface area (TPSA) is 72.1 Å². The van der Waals surface area contributed by atoms with E-state index in [1.807, 2.05) is 10.6 Å². The fourth-order valence-corrected chi connectivity index (χ4v) is 6.27. The molecular weight excluding hydrogens is 557 g/mol. The molecule has 0 N–H and O–H groups in total. The van der Waals surface area contributed by atoms with E-state index in [0.717, 1.165) is 5.69 Å². The van der Waals surface area contributed by atoms with Crippen molar-refractivity contribution < 1.29 is 26.7 Å². The molecule has 4 aromatic rings. The molecular formula is C29H30F5N7O. The van der Waals surface area contributed by atoms with Crippen LogP contribution in [0.4, 0.5) is 22.0 Å². The number of imidazole rings is 1. The highest BCUT2D eigenvalue weighted by molar-refractivity contribution is 5.96. The van der Waals surface area contributed by atoms with Crippen molar-refractivity contribution in [1.82, 2.24) is 34.1 Å². The van der Waals surface area contributed by atoms with Crippen LogP contribution in [0.5, 0.6) is 0 Å². The maximum absolute atomic E-state index is 14.4. The van der Waals surface area contributed by atoms with Crippen molar-refractivity contribution in [2.24, 2.45) is 7.05 Å². The SMILES string of the molecule is CC1C(=O)N(C)Cc2c(-c3cccc4nc(-c5cnn(C)c5)c(C(F)F)cc34)nc(C3CCN(CC(F)(F)F)CC3)n21. The molecule has 3 aromatic heterocycles. The lowest BCUT2D eigenvalue weighted by Crippen LogP contribution is -2.42. The highest BCUT2D eigenvalue weighted by Gasteiger charge is 2.38. The predicted molar refractivity (Wildman–Crippen MR) is 146 cm³/mol. The molecule has 42 heavy (non-hydrogen) atoms. The van der Waals surface area contributed by atoms with Gasteiger partial charge in [0.15, 0.2) is 0 Å². The standard InChI is InChI=1S/C29H30F5N7O/c1-16-28(42)38(2)14-23-25(37-27(41(16)23)17-7-9-40(10-8-17)15-29(32,33)34)19-5-4-6-22-20(19)11-21(26(30)31)24(36-22)18-12-35-39(3)13-18/h4-6,11-13,16-17,26H,7-10,14-15H2,1-3H3. The van der Waals surface area contributed by atoms with E-state index in [0.29, 0.717) is 46.4 Å². The summed E-state index contributed by atoms with van der Waals surface area (Å²) in [5.41, 5.74) is 2.85. The third-order valence-corrected chi connectivity index (χ3v) is 8.26. The van der Waals surface area contributed by atoms with E-state index in [-0.39, 0.29) is 42.7 Å².